The number of thiazole rings is 1. The zero-order valence-corrected chi connectivity index (χ0v) is 11.4. The number of imide groups is 1. The van der Waals surface area contributed by atoms with Crippen molar-refractivity contribution in [3.05, 3.63) is 10.6 Å². The molecule has 1 aliphatic carbocycles. The third-order valence-electron chi connectivity index (χ3n) is 3.46. The van der Waals surface area contributed by atoms with E-state index in [9.17, 15) is 19.5 Å². The van der Waals surface area contributed by atoms with Crippen molar-refractivity contribution in [3.63, 3.8) is 0 Å². The molecule has 2 N–H and O–H groups in total. The van der Waals surface area contributed by atoms with E-state index in [1.807, 2.05) is 0 Å². The molecule has 1 saturated heterocycles. The standard InChI is InChI=1S/C12H13N3O4S/c16-8-4-15(5-9(17)13-8)12-14-10-6(11(18)19)2-1-3-7(10)20-12/h6H,1-5H2,(H,18,19)(H,13,16,17). The van der Waals surface area contributed by atoms with Crippen LogP contribution in [-0.2, 0) is 20.8 Å². The Balaban J connectivity index is 1.91. The molecule has 0 radical (unpaired) electrons. The number of hydrogen-bond acceptors (Lipinski definition) is 6. The van der Waals surface area contributed by atoms with Crippen LogP contribution in [0.2, 0.25) is 0 Å². The van der Waals surface area contributed by atoms with E-state index in [0.29, 0.717) is 17.2 Å². The Bertz CT molecular complexity index is 582. The van der Waals surface area contributed by atoms with Crippen LogP contribution in [-0.4, -0.2) is 41.0 Å². The number of aliphatic carboxylic acids is 1. The molecule has 2 heterocycles. The molecule has 8 heteroatoms. The number of carboxylic acids is 1. The lowest BCUT2D eigenvalue weighted by atomic mass is 9.91. The highest BCUT2D eigenvalue weighted by molar-refractivity contribution is 7.15. The van der Waals surface area contributed by atoms with Crippen molar-refractivity contribution in [2.45, 2.75) is 25.2 Å². The Hall–Kier alpha value is -1.96. The van der Waals surface area contributed by atoms with Gasteiger partial charge in [0.05, 0.1) is 5.69 Å². The third-order valence-corrected chi connectivity index (χ3v) is 4.65. The van der Waals surface area contributed by atoms with Gasteiger partial charge in [-0.15, -0.1) is 11.3 Å². The number of carbonyl (C=O) groups is 3. The smallest absolute Gasteiger partial charge is 0.312 e. The van der Waals surface area contributed by atoms with Gasteiger partial charge in [0.15, 0.2) is 5.13 Å². The van der Waals surface area contributed by atoms with Gasteiger partial charge in [0.1, 0.15) is 19.0 Å². The molecule has 0 spiro atoms. The van der Waals surface area contributed by atoms with Crippen molar-refractivity contribution in [2.24, 2.45) is 0 Å². The second-order valence-corrected chi connectivity index (χ2v) is 5.98. The Kier molecular flexibility index (Phi) is 3.17. The maximum atomic E-state index is 11.4. The number of rotatable bonds is 2. The number of nitrogens with zero attached hydrogens (tertiary/aromatic N) is 2. The van der Waals surface area contributed by atoms with E-state index in [0.717, 1.165) is 17.7 Å². The van der Waals surface area contributed by atoms with Gasteiger partial charge in [-0.2, -0.15) is 0 Å². The molecule has 2 aliphatic rings. The van der Waals surface area contributed by atoms with Gasteiger partial charge < -0.3 is 10.0 Å². The van der Waals surface area contributed by atoms with E-state index in [4.69, 9.17) is 0 Å². The topological polar surface area (TPSA) is 99.6 Å². The number of carbonyl (C=O) groups excluding carboxylic acids is 2. The number of fused-ring (bicyclic) bond motifs is 1. The fourth-order valence-corrected chi connectivity index (χ4v) is 3.72. The molecule has 3 rings (SSSR count). The van der Waals surface area contributed by atoms with Crippen molar-refractivity contribution in [1.29, 1.82) is 0 Å². The maximum Gasteiger partial charge on any atom is 0.312 e. The lowest BCUT2D eigenvalue weighted by molar-refractivity contribution is -0.139. The molecule has 0 saturated carbocycles. The molecule has 0 aromatic carbocycles. The molecule has 7 nitrogen and oxygen atoms in total. The Morgan fingerprint density at radius 3 is 2.70 bits per heavy atom. The van der Waals surface area contributed by atoms with E-state index in [2.05, 4.69) is 10.3 Å². The van der Waals surface area contributed by atoms with Crippen LogP contribution in [0.5, 0.6) is 0 Å². The van der Waals surface area contributed by atoms with Gasteiger partial charge in [-0.1, -0.05) is 0 Å². The van der Waals surface area contributed by atoms with E-state index >= 15 is 0 Å². The number of amides is 2. The van der Waals surface area contributed by atoms with Crippen molar-refractivity contribution in [2.75, 3.05) is 18.0 Å². The zero-order valence-electron chi connectivity index (χ0n) is 10.6. The van der Waals surface area contributed by atoms with Gasteiger partial charge in [0.25, 0.3) is 0 Å². The minimum Gasteiger partial charge on any atom is -0.481 e. The summed E-state index contributed by atoms with van der Waals surface area (Å²) in [5.74, 6) is -2.15. The molecule has 1 atom stereocenters. The number of aryl methyl sites for hydroxylation is 1. The molecule has 20 heavy (non-hydrogen) atoms. The van der Waals surface area contributed by atoms with Crippen LogP contribution in [0.4, 0.5) is 5.13 Å². The largest absolute Gasteiger partial charge is 0.481 e. The van der Waals surface area contributed by atoms with E-state index in [1.165, 1.54) is 11.3 Å². The summed E-state index contributed by atoms with van der Waals surface area (Å²) in [6.07, 6.45) is 2.22. The van der Waals surface area contributed by atoms with E-state index in [-0.39, 0.29) is 24.9 Å². The first-order valence-corrected chi connectivity index (χ1v) is 7.16. The van der Waals surface area contributed by atoms with Crippen LogP contribution < -0.4 is 10.2 Å². The maximum absolute atomic E-state index is 11.4. The quantitative estimate of drug-likeness (QED) is 0.751. The van der Waals surface area contributed by atoms with Gasteiger partial charge in [-0.25, -0.2) is 4.98 Å². The number of nitrogens with one attached hydrogen (secondary N) is 1. The SMILES string of the molecule is O=C1CN(c2nc3c(s2)CCCC3C(=O)O)CC(=O)N1. The molecule has 1 unspecified atom stereocenters. The lowest BCUT2D eigenvalue weighted by Crippen LogP contribution is -2.51. The first-order valence-electron chi connectivity index (χ1n) is 6.34. The normalized spacial score (nSPS) is 22.4. The molecule has 2 amide bonds. The average molecular weight is 295 g/mol. The second-order valence-electron chi connectivity index (χ2n) is 4.92. The van der Waals surface area contributed by atoms with Gasteiger partial charge in [0.2, 0.25) is 11.8 Å². The number of piperazine rings is 1. The van der Waals surface area contributed by atoms with Crippen LogP contribution in [0.1, 0.15) is 29.3 Å². The summed E-state index contributed by atoms with van der Waals surface area (Å²) in [6, 6.07) is 0. The summed E-state index contributed by atoms with van der Waals surface area (Å²) in [7, 11) is 0. The van der Waals surface area contributed by atoms with Gasteiger partial charge >= 0.3 is 5.97 Å². The highest BCUT2D eigenvalue weighted by atomic mass is 32.1. The van der Waals surface area contributed by atoms with Crippen LogP contribution in [0.3, 0.4) is 0 Å². The summed E-state index contributed by atoms with van der Waals surface area (Å²) in [5, 5.41) is 12.0. The number of carboxylic acid groups (broad SMARTS) is 1. The first-order chi connectivity index (χ1) is 9.54. The Morgan fingerprint density at radius 2 is 2.05 bits per heavy atom. The van der Waals surface area contributed by atoms with Crippen molar-refractivity contribution in [1.82, 2.24) is 10.3 Å². The minimum absolute atomic E-state index is 0.0792. The number of hydrogen-bond donors (Lipinski definition) is 2. The predicted octanol–water partition coefficient (Wildman–Crippen LogP) is 0.110. The van der Waals surface area contributed by atoms with E-state index < -0.39 is 11.9 Å². The summed E-state index contributed by atoms with van der Waals surface area (Å²) in [4.78, 5) is 40.9. The van der Waals surface area contributed by atoms with Gasteiger partial charge in [0, 0.05) is 4.88 Å². The predicted molar refractivity (Wildman–Crippen MR) is 70.8 cm³/mol. The Morgan fingerprint density at radius 1 is 1.35 bits per heavy atom. The van der Waals surface area contributed by atoms with Crippen molar-refractivity contribution in [3.8, 4) is 0 Å². The summed E-state index contributed by atoms with van der Waals surface area (Å²) in [5.41, 5.74) is 0.599. The molecule has 1 aliphatic heterocycles. The van der Waals surface area contributed by atoms with Crippen LogP contribution >= 0.6 is 11.3 Å². The highest BCUT2D eigenvalue weighted by Crippen LogP contribution is 2.38. The zero-order chi connectivity index (χ0) is 14.3. The number of anilines is 1. The summed E-state index contributed by atoms with van der Waals surface area (Å²) in [6.45, 7) is 0.158. The fourth-order valence-electron chi connectivity index (χ4n) is 2.55. The molecular formula is C12H13N3O4S. The van der Waals surface area contributed by atoms with Crippen molar-refractivity contribution >= 4 is 34.3 Å². The van der Waals surface area contributed by atoms with E-state index in [1.54, 1.807) is 4.90 Å². The molecule has 1 aromatic rings. The first kappa shape index (κ1) is 13.0. The molecular weight excluding hydrogens is 282 g/mol. The van der Waals surface area contributed by atoms with Gasteiger partial charge in [-0.3, -0.25) is 19.7 Å². The van der Waals surface area contributed by atoms with Crippen molar-refractivity contribution < 1.29 is 19.5 Å². The van der Waals surface area contributed by atoms with Crippen LogP contribution in [0.15, 0.2) is 0 Å². The monoisotopic (exact) mass is 295 g/mol. The number of aromatic nitrogens is 1. The fraction of sp³-hybridized carbons (Fsp3) is 0.500. The molecule has 106 valence electrons. The summed E-state index contributed by atoms with van der Waals surface area (Å²) >= 11 is 1.39. The van der Waals surface area contributed by atoms with Crippen LogP contribution in [0.25, 0.3) is 0 Å². The highest BCUT2D eigenvalue weighted by Gasteiger charge is 2.32. The molecule has 1 aromatic heterocycles. The van der Waals surface area contributed by atoms with Gasteiger partial charge in [-0.05, 0) is 19.3 Å². The minimum atomic E-state index is -0.865. The third kappa shape index (κ3) is 2.26. The molecule has 1 fully saturated rings. The lowest BCUT2D eigenvalue weighted by Gasteiger charge is -2.24. The average Bonchev–Trinajstić information content (AvgIpc) is 2.80. The second kappa shape index (κ2) is 4.86. The summed E-state index contributed by atoms with van der Waals surface area (Å²) < 4.78 is 0. The Labute approximate surface area is 118 Å². The van der Waals surface area contributed by atoms with Crippen LogP contribution in [0, 0.1) is 0 Å². The molecule has 0 bridgehead atoms.